The summed E-state index contributed by atoms with van der Waals surface area (Å²) in [5.41, 5.74) is 3.03. The van der Waals surface area contributed by atoms with E-state index in [1.165, 1.54) is 49.8 Å². The van der Waals surface area contributed by atoms with Gasteiger partial charge < -0.3 is 15.0 Å². The van der Waals surface area contributed by atoms with Crippen LogP contribution in [0.15, 0.2) is 29.3 Å². The van der Waals surface area contributed by atoms with E-state index in [1.54, 1.807) is 7.11 Å². The maximum Gasteiger partial charge on any atom is 0.194 e. The van der Waals surface area contributed by atoms with E-state index < -0.39 is 0 Å². The quantitative estimate of drug-likeness (QED) is 0.410. The highest BCUT2D eigenvalue weighted by atomic mass is 127. The van der Waals surface area contributed by atoms with Crippen molar-refractivity contribution in [2.45, 2.75) is 52.2 Å². The van der Waals surface area contributed by atoms with E-state index in [0.717, 1.165) is 25.6 Å². The lowest BCUT2D eigenvalue weighted by Crippen LogP contribution is -2.41. The van der Waals surface area contributed by atoms with Crippen LogP contribution in [-0.4, -0.2) is 37.6 Å². The van der Waals surface area contributed by atoms with Gasteiger partial charge >= 0.3 is 0 Å². The predicted molar refractivity (Wildman–Crippen MR) is 114 cm³/mol. The third kappa shape index (κ3) is 5.33. The van der Waals surface area contributed by atoms with Gasteiger partial charge in [0.15, 0.2) is 5.96 Å². The Bertz CT molecular complexity index is 570. The fourth-order valence-electron chi connectivity index (χ4n) is 4.23. The molecule has 1 aromatic rings. The fourth-order valence-corrected chi connectivity index (χ4v) is 4.23. The minimum absolute atomic E-state index is 0. The van der Waals surface area contributed by atoms with E-state index in [0.29, 0.717) is 12.0 Å². The molecule has 1 N–H and O–H groups in total. The summed E-state index contributed by atoms with van der Waals surface area (Å²) in [6, 6.07) is 8.54. The van der Waals surface area contributed by atoms with Crippen LogP contribution in [0.1, 0.15) is 50.2 Å². The first-order valence-electron chi connectivity index (χ1n) is 9.35. The number of nitrogens with one attached hydrogen (secondary N) is 1. The number of benzene rings is 1. The van der Waals surface area contributed by atoms with Crippen LogP contribution < -0.4 is 5.32 Å². The molecule has 1 spiro atoms. The van der Waals surface area contributed by atoms with Gasteiger partial charge in [0.2, 0.25) is 0 Å². The van der Waals surface area contributed by atoms with Crippen molar-refractivity contribution in [2.75, 3.05) is 26.7 Å². The molecule has 25 heavy (non-hydrogen) atoms. The van der Waals surface area contributed by atoms with Crippen molar-refractivity contribution in [3.63, 3.8) is 0 Å². The summed E-state index contributed by atoms with van der Waals surface area (Å²) in [7, 11) is 1.74. The highest BCUT2D eigenvalue weighted by Crippen LogP contribution is 2.45. The molecular weight excluding hydrogens is 425 g/mol. The van der Waals surface area contributed by atoms with Crippen molar-refractivity contribution in [3.8, 4) is 0 Å². The lowest BCUT2D eigenvalue weighted by atomic mass is 9.86. The molecule has 4 nitrogen and oxygen atoms in total. The van der Waals surface area contributed by atoms with Gasteiger partial charge in [-0.05, 0) is 42.7 Å². The second-order valence-electron chi connectivity index (χ2n) is 7.30. The Balaban J connectivity index is 0.00000225. The molecule has 1 aliphatic carbocycles. The van der Waals surface area contributed by atoms with Crippen LogP contribution in [0, 0.1) is 5.41 Å². The van der Waals surface area contributed by atoms with Gasteiger partial charge in [-0.3, -0.25) is 0 Å². The first-order chi connectivity index (χ1) is 11.7. The van der Waals surface area contributed by atoms with E-state index in [2.05, 4.69) is 41.4 Å². The van der Waals surface area contributed by atoms with Crippen LogP contribution in [0.25, 0.3) is 0 Å². The third-order valence-electron chi connectivity index (χ3n) is 5.45. The molecule has 140 valence electrons. The molecule has 3 rings (SSSR count). The largest absolute Gasteiger partial charge is 0.380 e. The molecule has 0 bridgehead atoms. The standard InChI is InChI=1S/C20H31N3O.HI/c1-3-21-19(23-12-11-20(16-23)9-4-5-10-20)22-14-17-7-6-8-18(13-17)15-24-2;/h6-8,13H,3-5,9-12,14-16H2,1-2H3,(H,21,22);1H. The van der Waals surface area contributed by atoms with Crippen LogP contribution in [0.4, 0.5) is 0 Å². The molecule has 1 aromatic carbocycles. The van der Waals surface area contributed by atoms with Gasteiger partial charge in [0.05, 0.1) is 13.2 Å². The Morgan fingerprint density at radius 3 is 2.72 bits per heavy atom. The average Bonchev–Trinajstić information content (AvgIpc) is 3.22. The second-order valence-corrected chi connectivity index (χ2v) is 7.30. The Labute approximate surface area is 169 Å². The van der Waals surface area contributed by atoms with Crippen molar-refractivity contribution in [1.82, 2.24) is 10.2 Å². The first kappa shape index (κ1) is 20.5. The Kier molecular flexibility index (Phi) is 8.00. The third-order valence-corrected chi connectivity index (χ3v) is 5.45. The van der Waals surface area contributed by atoms with Crippen molar-refractivity contribution in [2.24, 2.45) is 10.4 Å². The molecule has 0 atom stereocenters. The number of methoxy groups -OCH3 is 1. The SMILES string of the molecule is CCNC(=NCc1cccc(COC)c1)N1CCC2(CCCC2)C1.I. The van der Waals surface area contributed by atoms with Crippen LogP contribution in [0.2, 0.25) is 0 Å². The molecule has 1 aliphatic heterocycles. The number of rotatable bonds is 5. The van der Waals surface area contributed by atoms with Crippen molar-refractivity contribution >= 4 is 29.9 Å². The molecule has 0 aromatic heterocycles. The van der Waals surface area contributed by atoms with E-state index >= 15 is 0 Å². The number of halogens is 1. The topological polar surface area (TPSA) is 36.9 Å². The summed E-state index contributed by atoms with van der Waals surface area (Å²) >= 11 is 0. The maximum atomic E-state index is 5.23. The van der Waals surface area contributed by atoms with Gasteiger partial charge in [-0.2, -0.15) is 0 Å². The van der Waals surface area contributed by atoms with Gasteiger partial charge in [-0.15, -0.1) is 24.0 Å². The number of nitrogens with zero attached hydrogens (tertiary/aromatic N) is 2. The average molecular weight is 457 g/mol. The molecule has 1 saturated carbocycles. The van der Waals surface area contributed by atoms with E-state index in [9.17, 15) is 0 Å². The Morgan fingerprint density at radius 1 is 1.24 bits per heavy atom. The summed E-state index contributed by atoms with van der Waals surface area (Å²) in [6.07, 6.45) is 6.96. The lowest BCUT2D eigenvalue weighted by molar-refractivity contribution is 0.185. The van der Waals surface area contributed by atoms with Gasteiger partial charge in [0.25, 0.3) is 0 Å². The van der Waals surface area contributed by atoms with Crippen LogP contribution in [0.3, 0.4) is 0 Å². The molecule has 1 heterocycles. The van der Waals surface area contributed by atoms with Crippen LogP contribution in [-0.2, 0) is 17.9 Å². The van der Waals surface area contributed by atoms with Gasteiger partial charge in [0.1, 0.15) is 0 Å². The maximum absolute atomic E-state index is 5.23. The van der Waals surface area contributed by atoms with Crippen molar-refractivity contribution in [3.05, 3.63) is 35.4 Å². The molecule has 0 radical (unpaired) electrons. The zero-order valence-corrected chi connectivity index (χ0v) is 17.9. The number of hydrogen-bond donors (Lipinski definition) is 1. The van der Waals surface area contributed by atoms with Gasteiger partial charge in [0, 0.05) is 26.7 Å². The predicted octanol–water partition coefficient (Wildman–Crippen LogP) is 4.18. The molecule has 0 unspecified atom stereocenters. The number of ether oxygens (including phenoxy) is 1. The monoisotopic (exact) mass is 457 g/mol. The minimum Gasteiger partial charge on any atom is -0.380 e. The van der Waals surface area contributed by atoms with Crippen molar-refractivity contribution < 1.29 is 4.74 Å². The molecule has 2 fully saturated rings. The number of hydrogen-bond acceptors (Lipinski definition) is 2. The molecule has 1 saturated heterocycles. The highest BCUT2D eigenvalue weighted by molar-refractivity contribution is 14.0. The summed E-state index contributed by atoms with van der Waals surface area (Å²) in [5.74, 6) is 1.08. The zero-order valence-electron chi connectivity index (χ0n) is 15.6. The second kappa shape index (κ2) is 9.76. The number of likely N-dealkylation sites (tertiary alicyclic amines) is 1. The molecule has 2 aliphatic rings. The highest BCUT2D eigenvalue weighted by Gasteiger charge is 2.41. The van der Waals surface area contributed by atoms with E-state index in [1.807, 2.05) is 0 Å². The fraction of sp³-hybridized carbons (Fsp3) is 0.650. The summed E-state index contributed by atoms with van der Waals surface area (Å²) in [5, 5.41) is 3.49. The van der Waals surface area contributed by atoms with Gasteiger partial charge in [-0.25, -0.2) is 4.99 Å². The van der Waals surface area contributed by atoms with Crippen LogP contribution in [0.5, 0.6) is 0 Å². The summed E-state index contributed by atoms with van der Waals surface area (Å²) in [6.45, 7) is 6.79. The van der Waals surface area contributed by atoms with Crippen molar-refractivity contribution in [1.29, 1.82) is 0 Å². The van der Waals surface area contributed by atoms with Gasteiger partial charge in [-0.1, -0.05) is 37.1 Å². The molecule has 0 amide bonds. The molecular formula is C20H32IN3O. The smallest absolute Gasteiger partial charge is 0.194 e. The Hall–Kier alpha value is -0.820. The number of aliphatic imine (C=N–C) groups is 1. The summed E-state index contributed by atoms with van der Waals surface area (Å²) < 4.78 is 5.23. The number of guanidine groups is 1. The zero-order chi connectivity index (χ0) is 16.8. The summed E-state index contributed by atoms with van der Waals surface area (Å²) in [4.78, 5) is 7.39. The normalized spacial score (nSPS) is 19.3. The van der Waals surface area contributed by atoms with E-state index in [4.69, 9.17) is 9.73 Å². The minimum atomic E-state index is 0. The Morgan fingerprint density at radius 2 is 2.00 bits per heavy atom. The van der Waals surface area contributed by atoms with E-state index in [-0.39, 0.29) is 24.0 Å². The lowest BCUT2D eigenvalue weighted by Gasteiger charge is -2.26. The first-order valence-corrected chi connectivity index (χ1v) is 9.35. The molecule has 5 heteroatoms. The van der Waals surface area contributed by atoms with Crippen LogP contribution >= 0.6 is 24.0 Å².